The van der Waals surface area contributed by atoms with Crippen LogP contribution in [-0.2, 0) is 4.79 Å². The fourth-order valence-corrected chi connectivity index (χ4v) is 6.15. The van der Waals surface area contributed by atoms with Gasteiger partial charge in [0.05, 0.1) is 26.4 Å². The van der Waals surface area contributed by atoms with Crippen molar-refractivity contribution < 1.29 is 23.5 Å². The normalized spacial score (nSPS) is 15.6. The number of nitrogens with one attached hydrogen (secondary N) is 2. The number of Topliss-reactive ketones (excluding diaryl/α,β-unsaturated/α-hetero) is 1. The fraction of sp³-hybridized carbons (Fsp3) is 0.364. The molecule has 1 saturated heterocycles. The molecular formula is C33H35FN6O4S. The zero-order valence-corrected chi connectivity index (χ0v) is 26.2. The van der Waals surface area contributed by atoms with Crippen molar-refractivity contribution in [1.29, 1.82) is 0 Å². The molecule has 1 aliphatic heterocycles. The third kappa shape index (κ3) is 7.12. The number of thiophene rings is 1. The maximum Gasteiger partial charge on any atom is 0.319 e. The number of nitrogens with zero attached hydrogens (tertiary/aromatic N) is 4. The SMILES string of the molecule is CC(=O)C(C)(C)CN1CCN(C(=O)c2ccc(-c3cc4nccc(Oc5ccc(NC(=O)NC6CC6)cc5F)c4s3)nc2)CC1. The Morgan fingerprint density at radius 1 is 1.02 bits per heavy atom. The van der Waals surface area contributed by atoms with E-state index < -0.39 is 11.2 Å². The van der Waals surface area contributed by atoms with Crippen LogP contribution in [0.3, 0.4) is 0 Å². The molecule has 0 atom stereocenters. The minimum atomic E-state index is -0.607. The Balaban J connectivity index is 1.10. The lowest BCUT2D eigenvalue weighted by molar-refractivity contribution is -0.126. The number of carbonyl (C=O) groups excluding carboxylic acids is 3. The van der Waals surface area contributed by atoms with E-state index in [0.717, 1.165) is 35.5 Å². The van der Waals surface area contributed by atoms with Crippen molar-refractivity contribution in [3.8, 4) is 22.1 Å². The largest absolute Gasteiger partial charge is 0.453 e. The highest BCUT2D eigenvalue weighted by Gasteiger charge is 2.30. The van der Waals surface area contributed by atoms with Gasteiger partial charge in [-0.2, -0.15) is 0 Å². The van der Waals surface area contributed by atoms with Crippen molar-refractivity contribution in [2.45, 2.75) is 39.7 Å². The Kier molecular flexibility index (Phi) is 8.52. The third-order valence-electron chi connectivity index (χ3n) is 8.19. The van der Waals surface area contributed by atoms with Crippen LogP contribution in [0, 0.1) is 11.2 Å². The molecule has 1 aliphatic carbocycles. The van der Waals surface area contributed by atoms with Crippen molar-refractivity contribution in [1.82, 2.24) is 25.1 Å². The number of amides is 3. The number of hydrogen-bond acceptors (Lipinski definition) is 8. The summed E-state index contributed by atoms with van der Waals surface area (Å²) in [6.45, 7) is 8.83. The van der Waals surface area contributed by atoms with Gasteiger partial charge in [-0.3, -0.25) is 24.5 Å². The van der Waals surface area contributed by atoms with Crippen LogP contribution >= 0.6 is 11.3 Å². The van der Waals surface area contributed by atoms with Gasteiger partial charge in [-0.05, 0) is 50.1 Å². The molecule has 12 heteroatoms. The molecule has 2 aliphatic rings. The van der Waals surface area contributed by atoms with E-state index in [4.69, 9.17) is 4.74 Å². The number of ketones is 1. The molecule has 10 nitrogen and oxygen atoms in total. The van der Waals surface area contributed by atoms with Gasteiger partial charge in [0.2, 0.25) is 0 Å². The monoisotopic (exact) mass is 630 g/mol. The number of rotatable bonds is 9. The van der Waals surface area contributed by atoms with E-state index in [1.54, 1.807) is 37.5 Å². The quantitative estimate of drug-likeness (QED) is 0.235. The smallest absolute Gasteiger partial charge is 0.319 e. The summed E-state index contributed by atoms with van der Waals surface area (Å²) in [7, 11) is 0. The van der Waals surface area contributed by atoms with E-state index in [1.807, 2.05) is 30.9 Å². The first-order valence-electron chi connectivity index (χ1n) is 15.0. The Morgan fingerprint density at radius 3 is 2.47 bits per heavy atom. The molecule has 6 rings (SSSR count). The standard InChI is InChI=1S/C33H35FN6O4S/c1-20(41)33(2,3)19-39-12-14-40(15-13-39)31(42)21-4-8-25(36-18-21)29-17-26-30(45-29)28(10-11-35-26)44-27-9-7-23(16-24(27)34)38-32(43)37-22-5-6-22/h4,7-11,16-18,22H,5-6,12-15,19H2,1-3H3,(H2,37,38,43). The Bertz CT molecular complexity index is 1750. The van der Waals surface area contributed by atoms with Gasteiger partial charge in [0, 0.05) is 74.4 Å². The molecule has 0 unspecified atom stereocenters. The van der Waals surface area contributed by atoms with Crippen molar-refractivity contribution in [2.75, 3.05) is 38.0 Å². The Morgan fingerprint density at radius 2 is 1.80 bits per heavy atom. The van der Waals surface area contributed by atoms with Crippen molar-refractivity contribution in [3.05, 3.63) is 66.2 Å². The molecule has 4 aromatic rings. The molecule has 0 spiro atoms. The molecule has 45 heavy (non-hydrogen) atoms. The minimum Gasteiger partial charge on any atom is -0.453 e. The number of benzene rings is 1. The number of anilines is 1. The summed E-state index contributed by atoms with van der Waals surface area (Å²) in [5.41, 5.74) is 1.80. The highest BCUT2D eigenvalue weighted by Crippen LogP contribution is 2.39. The maximum absolute atomic E-state index is 14.9. The van der Waals surface area contributed by atoms with Gasteiger partial charge < -0.3 is 20.3 Å². The molecule has 1 aromatic carbocycles. The second kappa shape index (κ2) is 12.5. The van der Waals surface area contributed by atoms with E-state index in [1.165, 1.54) is 23.5 Å². The topological polar surface area (TPSA) is 117 Å². The van der Waals surface area contributed by atoms with Crippen LogP contribution in [0.5, 0.6) is 11.5 Å². The van der Waals surface area contributed by atoms with Gasteiger partial charge in [-0.15, -0.1) is 11.3 Å². The average Bonchev–Trinajstić information content (AvgIpc) is 3.71. The number of pyridine rings is 2. The first-order chi connectivity index (χ1) is 21.6. The number of halogens is 1. The van der Waals surface area contributed by atoms with Gasteiger partial charge in [-0.1, -0.05) is 13.8 Å². The van der Waals surface area contributed by atoms with Crippen LogP contribution in [0.2, 0.25) is 0 Å². The second-order valence-corrected chi connectivity index (χ2v) is 13.2. The summed E-state index contributed by atoms with van der Waals surface area (Å²) in [4.78, 5) is 51.0. The Labute approximate surface area is 264 Å². The van der Waals surface area contributed by atoms with Crippen molar-refractivity contribution >= 4 is 45.0 Å². The molecule has 4 heterocycles. The lowest BCUT2D eigenvalue weighted by Crippen LogP contribution is -2.51. The maximum atomic E-state index is 14.9. The highest BCUT2D eigenvalue weighted by molar-refractivity contribution is 7.22. The molecule has 1 saturated carbocycles. The number of ether oxygens (including phenoxy) is 1. The van der Waals surface area contributed by atoms with Gasteiger partial charge in [0.1, 0.15) is 11.5 Å². The predicted octanol–water partition coefficient (Wildman–Crippen LogP) is 5.95. The second-order valence-electron chi connectivity index (χ2n) is 12.2. The van der Waals surface area contributed by atoms with Crippen LogP contribution in [0.25, 0.3) is 20.8 Å². The van der Waals surface area contributed by atoms with Gasteiger partial charge in [0.15, 0.2) is 11.6 Å². The van der Waals surface area contributed by atoms with Crippen LogP contribution in [-0.4, -0.2) is 76.3 Å². The number of fused-ring (bicyclic) bond motifs is 1. The summed E-state index contributed by atoms with van der Waals surface area (Å²) in [6.07, 6.45) is 5.11. The Hall–Kier alpha value is -4.42. The molecular weight excluding hydrogens is 595 g/mol. The average molecular weight is 631 g/mol. The molecule has 3 aromatic heterocycles. The van der Waals surface area contributed by atoms with E-state index in [9.17, 15) is 18.8 Å². The fourth-order valence-electron chi connectivity index (χ4n) is 5.11. The number of piperazine rings is 1. The summed E-state index contributed by atoms with van der Waals surface area (Å²) in [6, 6.07) is 11.3. The number of aromatic nitrogens is 2. The summed E-state index contributed by atoms with van der Waals surface area (Å²) in [5.74, 6) is -0.0481. The number of carbonyl (C=O) groups is 3. The van der Waals surface area contributed by atoms with Crippen LogP contribution in [0.4, 0.5) is 14.9 Å². The lowest BCUT2D eigenvalue weighted by Gasteiger charge is -2.38. The highest BCUT2D eigenvalue weighted by atomic mass is 32.1. The van der Waals surface area contributed by atoms with Gasteiger partial charge in [-0.25, -0.2) is 9.18 Å². The molecule has 2 fully saturated rings. The van der Waals surface area contributed by atoms with E-state index in [2.05, 4.69) is 25.5 Å². The van der Waals surface area contributed by atoms with Gasteiger partial charge >= 0.3 is 6.03 Å². The van der Waals surface area contributed by atoms with Crippen molar-refractivity contribution in [3.63, 3.8) is 0 Å². The predicted molar refractivity (Wildman–Crippen MR) is 171 cm³/mol. The number of urea groups is 1. The van der Waals surface area contributed by atoms with E-state index >= 15 is 0 Å². The number of hydrogen-bond donors (Lipinski definition) is 2. The lowest BCUT2D eigenvalue weighted by atomic mass is 9.88. The molecule has 234 valence electrons. The zero-order chi connectivity index (χ0) is 31.7. The van der Waals surface area contributed by atoms with Crippen LogP contribution in [0.1, 0.15) is 44.0 Å². The van der Waals surface area contributed by atoms with E-state index in [-0.39, 0.29) is 29.5 Å². The van der Waals surface area contributed by atoms with Crippen molar-refractivity contribution in [2.24, 2.45) is 5.41 Å². The first kappa shape index (κ1) is 30.6. The zero-order valence-electron chi connectivity index (χ0n) is 25.4. The van der Waals surface area contributed by atoms with Gasteiger partial charge in [0.25, 0.3) is 5.91 Å². The van der Waals surface area contributed by atoms with E-state index in [0.29, 0.717) is 47.8 Å². The molecule has 2 N–H and O–H groups in total. The molecule has 0 radical (unpaired) electrons. The molecule has 0 bridgehead atoms. The minimum absolute atomic E-state index is 0.0231. The van der Waals surface area contributed by atoms with Crippen LogP contribution in [0.15, 0.2) is 54.9 Å². The summed E-state index contributed by atoms with van der Waals surface area (Å²) < 4.78 is 21.6. The first-order valence-corrected chi connectivity index (χ1v) is 15.8. The molecule has 3 amide bonds. The summed E-state index contributed by atoms with van der Waals surface area (Å²) in [5, 5.41) is 5.44. The third-order valence-corrected chi connectivity index (χ3v) is 9.35. The van der Waals surface area contributed by atoms with Crippen LogP contribution < -0.4 is 15.4 Å². The summed E-state index contributed by atoms with van der Waals surface area (Å²) >= 11 is 1.41.